The summed E-state index contributed by atoms with van der Waals surface area (Å²) >= 11 is 0. The first-order valence-corrected chi connectivity index (χ1v) is 7.73. The van der Waals surface area contributed by atoms with Crippen molar-refractivity contribution in [2.45, 2.75) is 64.3 Å². The van der Waals surface area contributed by atoms with E-state index in [9.17, 15) is 4.79 Å². The molecule has 2 unspecified atom stereocenters. The number of hydrogen-bond acceptors (Lipinski definition) is 2. The van der Waals surface area contributed by atoms with Gasteiger partial charge in [-0.05, 0) is 25.2 Å². The number of hydrogen-bond donors (Lipinski definition) is 1. The third-order valence-corrected chi connectivity index (χ3v) is 4.77. The molecule has 2 N–H and O–H groups in total. The molecule has 1 amide bonds. The lowest BCUT2D eigenvalue weighted by Crippen LogP contribution is -2.41. The average Bonchev–Trinajstić information content (AvgIpc) is 2.86. The molecule has 2 atom stereocenters. The van der Waals surface area contributed by atoms with Crippen molar-refractivity contribution < 1.29 is 4.79 Å². The van der Waals surface area contributed by atoms with Gasteiger partial charge in [0.05, 0.1) is 0 Å². The number of nitrogens with two attached hydrogens (primary N) is 1. The minimum Gasteiger partial charge on any atom is -0.339 e. The molecule has 1 heterocycles. The highest BCUT2D eigenvalue weighted by molar-refractivity contribution is 5.85. The molecule has 2 rings (SSSR count). The van der Waals surface area contributed by atoms with Crippen LogP contribution in [0.3, 0.4) is 0 Å². The van der Waals surface area contributed by atoms with Gasteiger partial charge >= 0.3 is 0 Å². The van der Waals surface area contributed by atoms with E-state index in [0.29, 0.717) is 12.6 Å². The van der Waals surface area contributed by atoms with Gasteiger partial charge in [-0.2, -0.15) is 0 Å². The molecule has 0 bridgehead atoms. The van der Waals surface area contributed by atoms with E-state index in [4.69, 9.17) is 5.73 Å². The molecule has 0 aromatic carbocycles. The van der Waals surface area contributed by atoms with Gasteiger partial charge in [0, 0.05) is 25.0 Å². The van der Waals surface area contributed by atoms with Gasteiger partial charge in [0.1, 0.15) is 0 Å². The zero-order chi connectivity index (χ0) is 13.0. The highest BCUT2D eigenvalue weighted by Crippen LogP contribution is 2.32. The first-order chi connectivity index (χ1) is 8.72. The van der Waals surface area contributed by atoms with Crippen LogP contribution in [0.4, 0.5) is 0 Å². The van der Waals surface area contributed by atoms with E-state index < -0.39 is 0 Å². The molecule has 1 saturated carbocycles. The summed E-state index contributed by atoms with van der Waals surface area (Å²) in [5, 5.41) is 0. The van der Waals surface area contributed by atoms with E-state index in [0.717, 1.165) is 12.5 Å². The Hall–Kier alpha value is -0.280. The highest BCUT2D eigenvalue weighted by atomic mass is 35.5. The maximum absolute atomic E-state index is 12.3. The maximum Gasteiger partial charge on any atom is 0.226 e. The van der Waals surface area contributed by atoms with Crippen molar-refractivity contribution in [2.24, 2.45) is 17.6 Å². The number of nitrogens with zero attached hydrogens (tertiary/aromatic N) is 1. The van der Waals surface area contributed by atoms with Crippen LogP contribution in [0, 0.1) is 11.8 Å². The Morgan fingerprint density at radius 2 is 1.89 bits per heavy atom. The van der Waals surface area contributed by atoms with Crippen LogP contribution in [0.15, 0.2) is 0 Å². The summed E-state index contributed by atoms with van der Waals surface area (Å²) in [7, 11) is 0. The number of amides is 1. The van der Waals surface area contributed by atoms with E-state index in [1.54, 1.807) is 0 Å². The van der Waals surface area contributed by atoms with Gasteiger partial charge in [-0.25, -0.2) is 0 Å². The van der Waals surface area contributed by atoms with Crippen LogP contribution in [0.2, 0.25) is 0 Å². The third-order valence-electron chi connectivity index (χ3n) is 4.77. The number of rotatable bonds is 4. The Kier molecular flexibility index (Phi) is 7.16. The molecular formula is C15H29ClN2O. The predicted molar refractivity (Wildman–Crippen MR) is 81.4 cm³/mol. The molecule has 2 aliphatic rings. The van der Waals surface area contributed by atoms with Crippen molar-refractivity contribution in [3.05, 3.63) is 0 Å². The van der Waals surface area contributed by atoms with E-state index in [1.807, 2.05) is 6.92 Å². The number of likely N-dealkylation sites (tertiary alicyclic amines) is 1. The molecule has 19 heavy (non-hydrogen) atoms. The fourth-order valence-electron chi connectivity index (χ4n) is 3.56. The Balaban J connectivity index is 0.00000180. The lowest BCUT2D eigenvalue weighted by atomic mass is 9.84. The largest absolute Gasteiger partial charge is 0.339 e. The SMILES string of the molecule is CC(CN)C(=O)N1CCCC1CC1CCCCC1.Cl. The predicted octanol–water partition coefficient (Wildman–Crippen LogP) is 2.96. The van der Waals surface area contributed by atoms with Crippen LogP contribution in [0.25, 0.3) is 0 Å². The zero-order valence-electron chi connectivity index (χ0n) is 12.1. The van der Waals surface area contributed by atoms with Gasteiger partial charge in [-0.1, -0.05) is 39.0 Å². The standard InChI is InChI=1S/C15H28N2O.ClH/c1-12(11-16)15(18)17-9-5-8-14(17)10-13-6-3-2-4-7-13;/h12-14H,2-11,16H2,1H3;1H. The highest BCUT2D eigenvalue weighted by Gasteiger charge is 2.32. The first kappa shape index (κ1) is 16.8. The van der Waals surface area contributed by atoms with Crippen molar-refractivity contribution >= 4 is 18.3 Å². The second-order valence-electron chi connectivity index (χ2n) is 6.20. The molecule has 0 radical (unpaired) electrons. The van der Waals surface area contributed by atoms with E-state index in [2.05, 4.69) is 4.90 Å². The van der Waals surface area contributed by atoms with E-state index in [-0.39, 0.29) is 24.2 Å². The van der Waals surface area contributed by atoms with Crippen LogP contribution in [-0.2, 0) is 4.79 Å². The van der Waals surface area contributed by atoms with E-state index >= 15 is 0 Å². The number of carbonyl (C=O) groups is 1. The molecule has 3 nitrogen and oxygen atoms in total. The van der Waals surface area contributed by atoms with Crippen LogP contribution in [0.5, 0.6) is 0 Å². The molecule has 0 aromatic rings. The second-order valence-corrected chi connectivity index (χ2v) is 6.20. The fraction of sp³-hybridized carbons (Fsp3) is 0.933. The summed E-state index contributed by atoms with van der Waals surface area (Å²) in [5.74, 6) is 1.15. The van der Waals surface area contributed by atoms with Crippen LogP contribution in [0.1, 0.15) is 58.3 Å². The summed E-state index contributed by atoms with van der Waals surface area (Å²) in [6.07, 6.45) is 10.6. The molecule has 112 valence electrons. The van der Waals surface area contributed by atoms with Crippen molar-refractivity contribution in [1.29, 1.82) is 0 Å². The minimum absolute atomic E-state index is 0. The average molecular weight is 289 g/mol. The van der Waals surface area contributed by atoms with Gasteiger partial charge < -0.3 is 10.6 Å². The molecule has 1 aliphatic carbocycles. The van der Waals surface area contributed by atoms with Gasteiger partial charge in [0.2, 0.25) is 5.91 Å². The Morgan fingerprint density at radius 3 is 2.53 bits per heavy atom. The molecule has 0 spiro atoms. The number of halogens is 1. The normalized spacial score (nSPS) is 26.0. The molecule has 1 saturated heterocycles. The molecule has 0 aromatic heterocycles. The van der Waals surface area contributed by atoms with Crippen LogP contribution in [-0.4, -0.2) is 29.9 Å². The summed E-state index contributed by atoms with van der Waals surface area (Å²) in [5.41, 5.74) is 5.62. The van der Waals surface area contributed by atoms with Crippen molar-refractivity contribution in [3.8, 4) is 0 Å². The summed E-state index contributed by atoms with van der Waals surface area (Å²) < 4.78 is 0. The van der Waals surface area contributed by atoms with Gasteiger partial charge in [-0.15, -0.1) is 12.4 Å². The van der Waals surface area contributed by atoms with Crippen molar-refractivity contribution in [3.63, 3.8) is 0 Å². The quantitative estimate of drug-likeness (QED) is 0.864. The third kappa shape index (κ3) is 4.35. The Labute approximate surface area is 123 Å². The fourth-order valence-corrected chi connectivity index (χ4v) is 3.56. The molecule has 4 heteroatoms. The lowest BCUT2D eigenvalue weighted by molar-refractivity contribution is -0.135. The summed E-state index contributed by atoms with van der Waals surface area (Å²) in [4.78, 5) is 14.4. The smallest absolute Gasteiger partial charge is 0.226 e. The number of carbonyl (C=O) groups excluding carboxylic acids is 1. The summed E-state index contributed by atoms with van der Waals surface area (Å²) in [6.45, 7) is 3.39. The Morgan fingerprint density at radius 1 is 1.21 bits per heavy atom. The molecule has 1 aliphatic heterocycles. The monoisotopic (exact) mass is 288 g/mol. The van der Waals surface area contributed by atoms with Gasteiger partial charge in [-0.3, -0.25) is 4.79 Å². The second kappa shape index (κ2) is 8.11. The summed E-state index contributed by atoms with van der Waals surface area (Å²) in [6, 6.07) is 0.509. The van der Waals surface area contributed by atoms with E-state index in [1.165, 1.54) is 51.4 Å². The van der Waals surface area contributed by atoms with Crippen LogP contribution >= 0.6 is 12.4 Å². The van der Waals surface area contributed by atoms with Crippen molar-refractivity contribution in [2.75, 3.05) is 13.1 Å². The molecule has 2 fully saturated rings. The first-order valence-electron chi connectivity index (χ1n) is 7.73. The van der Waals surface area contributed by atoms with Crippen molar-refractivity contribution in [1.82, 2.24) is 4.90 Å². The maximum atomic E-state index is 12.3. The topological polar surface area (TPSA) is 46.3 Å². The molecular weight excluding hydrogens is 260 g/mol. The van der Waals surface area contributed by atoms with Gasteiger partial charge in [0.15, 0.2) is 0 Å². The van der Waals surface area contributed by atoms with Gasteiger partial charge in [0.25, 0.3) is 0 Å². The lowest BCUT2D eigenvalue weighted by Gasteiger charge is -2.31. The van der Waals surface area contributed by atoms with Crippen LogP contribution < -0.4 is 5.73 Å². The zero-order valence-corrected chi connectivity index (χ0v) is 13.0. The Bertz CT molecular complexity index is 279. The minimum atomic E-state index is -0.00282.